The molecule has 0 saturated carbocycles. The highest BCUT2D eigenvalue weighted by molar-refractivity contribution is 6.30. The molecule has 0 fully saturated rings. The maximum atomic E-state index is 12.1. The van der Waals surface area contributed by atoms with E-state index in [9.17, 15) is 18.0 Å². The Kier molecular flexibility index (Phi) is 3.94. The number of alkyl halides is 3. The molecule has 104 valence electrons. The van der Waals surface area contributed by atoms with Crippen LogP contribution in [-0.4, -0.2) is 17.1 Å². The molecule has 7 heteroatoms. The molecule has 1 aromatic carbocycles. The van der Waals surface area contributed by atoms with E-state index < -0.39 is 17.9 Å². The molecule has 1 aromatic heterocycles. The average Bonchev–Trinajstić information content (AvgIpc) is 2.37. The Morgan fingerprint density at radius 3 is 2.55 bits per heavy atom. The van der Waals surface area contributed by atoms with Crippen LogP contribution in [0.1, 0.15) is 16.1 Å². The molecule has 1 heterocycles. The Labute approximate surface area is 117 Å². The van der Waals surface area contributed by atoms with Gasteiger partial charge in [-0.25, -0.2) is 0 Å². The SMILES string of the molecule is O=C(c1cccc(OC(F)(F)F)c1)c1ccc(Cl)cn1. The lowest BCUT2D eigenvalue weighted by molar-refractivity contribution is -0.274. The van der Waals surface area contributed by atoms with Crippen molar-refractivity contribution in [1.82, 2.24) is 4.98 Å². The Bertz CT molecular complexity index is 626. The van der Waals surface area contributed by atoms with E-state index in [1.54, 1.807) is 0 Å². The molecule has 2 rings (SSSR count). The van der Waals surface area contributed by atoms with Crippen molar-refractivity contribution >= 4 is 17.4 Å². The summed E-state index contributed by atoms with van der Waals surface area (Å²) in [6.45, 7) is 0. The van der Waals surface area contributed by atoms with Crippen LogP contribution in [-0.2, 0) is 0 Å². The van der Waals surface area contributed by atoms with Crippen LogP contribution < -0.4 is 4.74 Å². The van der Waals surface area contributed by atoms with Gasteiger partial charge in [-0.05, 0) is 24.3 Å². The molecule has 0 aliphatic carbocycles. The summed E-state index contributed by atoms with van der Waals surface area (Å²) in [5.41, 5.74) is 0.125. The number of benzene rings is 1. The third kappa shape index (κ3) is 3.71. The molecule has 0 amide bonds. The lowest BCUT2D eigenvalue weighted by Crippen LogP contribution is -2.17. The van der Waals surface area contributed by atoms with E-state index in [4.69, 9.17) is 11.6 Å². The molecule has 0 radical (unpaired) electrons. The third-order valence-electron chi connectivity index (χ3n) is 2.29. The second kappa shape index (κ2) is 5.50. The summed E-state index contributed by atoms with van der Waals surface area (Å²) in [5, 5.41) is 0.357. The van der Waals surface area contributed by atoms with Gasteiger partial charge in [0, 0.05) is 11.8 Å². The van der Waals surface area contributed by atoms with Gasteiger partial charge in [-0.1, -0.05) is 23.7 Å². The highest BCUT2D eigenvalue weighted by Gasteiger charge is 2.31. The summed E-state index contributed by atoms with van der Waals surface area (Å²) in [6.07, 6.45) is -3.52. The fraction of sp³-hybridized carbons (Fsp3) is 0.0769. The maximum absolute atomic E-state index is 12.1. The molecule has 0 spiro atoms. The normalized spacial score (nSPS) is 11.2. The smallest absolute Gasteiger partial charge is 0.406 e. The van der Waals surface area contributed by atoms with Gasteiger partial charge in [-0.15, -0.1) is 13.2 Å². The highest BCUT2D eigenvalue weighted by Crippen LogP contribution is 2.24. The standard InChI is InChI=1S/C13H7ClF3NO2/c14-9-4-5-11(18-7-9)12(19)8-2-1-3-10(6-8)20-13(15,16)17/h1-7H. The fourth-order valence-corrected chi connectivity index (χ4v) is 1.60. The van der Waals surface area contributed by atoms with Crippen LogP contribution in [0.2, 0.25) is 5.02 Å². The van der Waals surface area contributed by atoms with Gasteiger partial charge in [0.15, 0.2) is 0 Å². The number of pyridine rings is 1. The number of ether oxygens (including phenoxy) is 1. The first kappa shape index (κ1) is 14.3. The number of ketones is 1. The minimum absolute atomic E-state index is 0.0431. The van der Waals surface area contributed by atoms with Gasteiger partial charge in [0.05, 0.1) is 5.02 Å². The Balaban J connectivity index is 2.26. The van der Waals surface area contributed by atoms with E-state index in [0.29, 0.717) is 5.02 Å². The zero-order chi connectivity index (χ0) is 14.8. The van der Waals surface area contributed by atoms with Gasteiger partial charge in [0.1, 0.15) is 11.4 Å². The van der Waals surface area contributed by atoms with Crippen LogP contribution >= 0.6 is 11.6 Å². The van der Waals surface area contributed by atoms with E-state index in [-0.39, 0.29) is 11.3 Å². The van der Waals surface area contributed by atoms with Gasteiger partial charge in [-0.2, -0.15) is 0 Å². The molecule has 20 heavy (non-hydrogen) atoms. The lowest BCUT2D eigenvalue weighted by Gasteiger charge is -2.09. The minimum Gasteiger partial charge on any atom is -0.406 e. The van der Waals surface area contributed by atoms with Crippen molar-refractivity contribution in [3.05, 3.63) is 58.9 Å². The quantitative estimate of drug-likeness (QED) is 0.808. The number of aromatic nitrogens is 1. The Morgan fingerprint density at radius 1 is 1.20 bits per heavy atom. The maximum Gasteiger partial charge on any atom is 0.573 e. The molecular weight excluding hydrogens is 295 g/mol. The molecule has 3 nitrogen and oxygen atoms in total. The van der Waals surface area contributed by atoms with Crippen LogP contribution in [0, 0.1) is 0 Å². The number of carbonyl (C=O) groups excluding carboxylic acids is 1. The molecule has 0 bridgehead atoms. The zero-order valence-corrected chi connectivity index (χ0v) is 10.6. The number of halogens is 4. The molecule has 0 aliphatic rings. The van der Waals surface area contributed by atoms with E-state index in [2.05, 4.69) is 9.72 Å². The minimum atomic E-state index is -4.81. The van der Waals surface area contributed by atoms with E-state index in [1.165, 1.54) is 30.5 Å². The molecule has 0 saturated heterocycles. The fourth-order valence-electron chi connectivity index (χ4n) is 1.49. The van der Waals surface area contributed by atoms with E-state index in [1.807, 2.05) is 0 Å². The van der Waals surface area contributed by atoms with Crippen LogP contribution in [0.4, 0.5) is 13.2 Å². The van der Waals surface area contributed by atoms with Crippen LogP contribution in [0.15, 0.2) is 42.6 Å². The van der Waals surface area contributed by atoms with Gasteiger partial charge < -0.3 is 4.74 Å². The molecule has 0 aliphatic heterocycles. The van der Waals surface area contributed by atoms with Gasteiger partial charge in [0.2, 0.25) is 5.78 Å². The molecule has 0 unspecified atom stereocenters. The third-order valence-corrected chi connectivity index (χ3v) is 2.51. The monoisotopic (exact) mass is 301 g/mol. The first-order valence-corrected chi connectivity index (χ1v) is 5.75. The zero-order valence-electron chi connectivity index (χ0n) is 9.82. The van der Waals surface area contributed by atoms with Gasteiger partial charge in [-0.3, -0.25) is 9.78 Å². The predicted molar refractivity (Wildman–Crippen MR) is 65.8 cm³/mol. The van der Waals surface area contributed by atoms with E-state index in [0.717, 1.165) is 12.1 Å². The Morgan fingerprint density at radius 2 is 1.95 bits per heavy atom. The van der Waals surface area contributed by atoms with Crippen LogP contribution in [0.3, 0.4) is 0 Å². The molecular formula is C13H7ClF3NO2. The van der Waals surface area contributed by atoms with Crippen molar-refractivity contribution in [3.63, 3.8) is 0 Å². The summed E-state index contributed by atoms with van der Waals surface area (Å²) >= 11 is 5.64. The summed E-state index contributed by atoms with van der Waals surface area (Å²) in [6, 6.07) is 7.65. The first-order valence-electron chi connectivity index (χ1n) is 5.37. The molecule has 0 atom stereocenters. The largest absolute Gasteiger partial charge is 0.573 e. The van der Waals surface area contributed by atoms with Crippen molar-refractivity contribution in [2.45, 2.75) is 6.36 Å². The lowest BCUT2D eigenvalue weighted by atomic mass is 10.1. The molecule has 2 aromatic rings. The highest BCUT2D eigenvalue weighted by atomic mass is 35.5. The summed E-state index contributed by atoms with van der Waals surface area (Å²) in [4.78, 5) is 15.8. The van der Waals surface area contributed by atoms with Crippen molar-refractivity contribution in [2.75, 3.05) is 0 Å². The van der Waals surface area contributed by atoms with Gasteiger partial charge in [0.25, 0.3) is 0 Å². The number of hydrogen-bond acceptors (Lipinski definition) is 3. The number of carbonyl (C=O) groups is 1. The second-order valence-corrected chi connectivity index (χ2v) is 4.20. The van der Waals surface area contributed by atoms with Crippen molar-refractivity contribution < 1.29 is 22.7 Å². The first-order chi connectivity index (χ1) is 9.35. The van der Waals surface area contributed by atoms with Crippen molar-refractivity contribution in [2.24, 2.45) is 0 Å². The Hall–Kier alpha value is -2.08. The van der Waals surface area contributed by atoms with Crippen molar-refractivity contribution in [1.29, 1.82) is 0 Å². The van der Waals surface area contributed by atoms with Crippen molar-refractivity contribution in [3.8, 4) is 5.75 Å². The number of rotatable bonds is 3. The summed E-state index contributed by atoms with van der Waals surface area (Å²) in [5.74, 6) is -0.980. The van der Waals surface area contributed by atoms with E-state index >= 15 is 0 Å². The summed E-state index contributed by atoms with van der Waals surface area (Å²) < 4.78 is 40.1. The topological polar surface area (TPSA) is 39.2 Å². The number of hydrogen-bond donors (Lipinski definition) is 0. The second-order valence-electron chi connectivity index (χ2n) is 3.77. The molecule has 0 N–H and O–H groups in total. The van der Waals surface area contributed by atoms with Crippen LogP contribution in [0.25, 0.3) is 0 Å². The predicted octanol–water partition coefficient (Wildman–Crippen LogP) is 3.86. The number of nitrogens with zero attached hydrogens (tertiary/aromatic N) is 1. The average molecular weight is 302 g/mol. The van der Waals surface area contributed by atoms with Crippen LogP contribution in [0.5, 0.6) is 5.75 Å². The van der Waals surface area contributed by atoms with Gasteiger partial charge >= 0.3 is 6.36 Å². The summed E-state index contributed by atoms with van der Waals surface area (Å²) in [7, 11) is 0.